The number of nitrogens with zero attached hydrogens (tertiary/aromatic N) is 5. The molecule has 2 N–H and O–H groups in total. The number of aromatic nitrogens is 2. The summed E-state index contributed by atoms with van der Waals surface area (Å²) in [6, 6.07) is 3.30. The van der Waals surface area contributed by atoms with Crippen LogP contribution in [0.5, 0.6) is 0 Å². The Labute approximate surface area is 230 Å². The van der Waals surface area contributed by atoms with Crippen molar-refractivity contribution >= 4 is 23.5 Å². The average molecular weight is 540 g/mol. The maximum absolute atomic E-state index is 14.1. The lowest BCUT2D eigenvalue weighted by Crippen LogP contribution is -2.53. The molecular weight excluding hydrogens is 498 g/mol. The molecule has 2 saturated heterocycles. The van der Waals surface area contributed by atoms with E-state index in [9.17, 15) is 9.59 Å². The second kappa shape index (κ2) is 12.7. The van der Waals surface area contributed by atoms with Gasteiger partial charge in [-0.3, -0.25) is 4.79 Å². The Morgan fingerprint density at radius 1 is 1.28 bits per heavy atom. The smallest absolute Gasteiger partial charge is 0.343 e. The summed E-state index contributed by atoms with van der Waals surface area (Å²) in [5, 5.41) is 6.66. The van der Waals surface area contributed by atoms with Crippen LogP contribution in [0.2, 0.25) is 0 Å². The minimum absolute atomic E-state index is 0.154. The Bertz CT molecular complexity index is 1150. The zero-order valence-corrected chi connectivity index (χ0v) is 23.7. The molecule has 0 radical (unpaired) electrons. The first-order valence-electron chi connectivity index (χ1n) is 13.7. The van der Waals surface area contributed by atoms with Crippen LogP contribution in [-0.4, -0.2) is 89.4 Å². The van der Waals surface area contributed by atoms with E-state index in [1.807, 2.05) is 37.8 Å². The fourth-order valence-electron chi connectivity index (χ4n) is 4.63. The summed E-state index contributed by atoms with van der Waals surface area (Å²) < 4.78 is 10.8. The van der Waals surface area contributed by atoms with Gasteiger partial charge in [0.15, 0.2) is 0 Å². The van der Waals surface area contributed by atoms with Gasteiger partial charge in [0.25, 0.3) is 5.91 Å². The van der Waals surface area contributed by atoms with Gasteiger partial charge in [0.05, 0.1) is 26.0 Å². The lowest BCUT2D eigenvalue weighted by molar-refractivity contribution is 0.0554. The van der Waals surface area contributed by atoms with E-state index in [-0.39, 0.29) is 29.3 Å². The molecule has 2 aromatic rings. The lowest BCUT2D eigenvalue weighted by Gasteiger charge is -2.36. The van der Waals surface area contributed by atoms with Gasteiger partial charge >= 0.3 is 6.03 Å². The molecule has 212 valence electrons. The van der Waals surface area contributed by atoms with Gasteiger partial charge < -0.3 is 29.6 Å². The number of anilines is 1. The van der Waals surface area contributed by atoms with E-state index in [1.165, 1.54) is 0 Å². The van der Waals surface area contributed by atoms with Crippen LogP contribution in [0.4, 0.5) is 10.6 Å². The molecule has 2 fully saturated rings. The number of urea groups is 1. The molecule has 11 heteroatoms. The molecular formula is C28H41N7O4. The van der Waals surface area contributed by atoms with Crippen molar-refractivity contribution < 1.29 is 18.7 Å². The molecule has 3 amide bonds. The van der Waals surface area contributed by atoms with E-state index in [4.69, 9.17) is 14.1 Å². The molecule has 11 nitrogen and oxygen atoms in total. The Hall–Kier alpha value is -3.31. The molecule has 0 bridgehead atoms. The van der Waals surface area contributed by atoms with Crippen LogP contribution in [0.1, 0.15) is 63.0 Å². The summed E-state index contributed by atoms with van der Waals surface area (Å²) in [7, 11) is 0. The van der Waals surface area contributed by atoms with E-state index in [1.54, 1.807) is 17.4 Å². The number of amides is 3. The van der Waals surface area contributed by atoms with E-state index in [0.29, 0.717) is 76.1 Å². The first-order chi connectivity index (χ1) is 18.6. The van der Waals surface area contributed by atoms with Crippen molar-refractivity contribution in [1.29, 1.82) is 0 Å². The topological polar surface area (TPSA) is 125 Å². The molecule has 2 aliphatic rings. The number of hydrogen-bond donors (Lipinski definition) is 2. The van der Waals surface area contributed by atoms with E-state index < -0.39 is 0 Å². The Morgan fingerprint density at radius 3 is 2.72 bits per heavy atom. The van der Waals surface area contributed by atoms with Gasteiger partial charge in [-0.05, 0) is 18.1 Å². The number of morpholine rings is 1. The quantitative estimate of drug-likeness (QED) is 0.549. The van der Waals surface area contributed by atoms with Crippen LogP contribution in [-0.2, 0) is 16.7 Å². The molecule has 4 rings (SSSR count). The molecule has 1 unspecified atom stereocenters. The third-order valence-corrected chi connectivity index (χ3v) is 6.68. The van der Waals surface area contributed by atoms with Crippen LogP contribution in [0.15, 0.2) is 34.0 Å². The zero-order valence-electron chi connectivity index (χ0n) is 23.7. The predicted octanol–water partition coefficient (Wildman–Crippen LogP) is 3.33. The van der Waals surface area contributed by atoms with Gasteiger partial charge in [0.1, 0.15) is 23.0 Å². The van der Waals surface area contributed by atoms with Crippen molar-refractivity contribution in [3.8, 4) is 0 Å². The van der Waals surface area contributed by atoms with Crippen molar-refractivity contribution in [2.45, 2.75) is 59.0 Å². The molecule has 4 heterocycles. The number of carbonyl (C=O) groups excluding carboxylic acids is 2. The fraction of sp³-hybridized carbons (Fsp3) is 0.607. The van der Waals surface area contributed by atoms with E-state index >= 15 is 0 Å². The predicted molar refractivity (Wildman–Crippen MR) is 149 cm³/mol. The number of hydrogen-bond acceptors (Lipinski definition) is 8. The van der Waals surface area contributed by atoms with Crippen LogP contribution in [0.25, 0.3) is 0 Å². The van der Waals surface area contributed by atoms with Gasteiger partial charge in [0.2, 0.25) is 0 Å². The minimum Gasteiger partial charge on any atom is -0.467 e. The number of rotatable bonds is 7. The minimum atomic E-state index is -0.286. The van der Waals surface area contributed by atoms with Crippen LogP contribution in [0, 0.1) is 5.92 Å². The number of piperidine rings is 1. The number of carbonyl (C=O) groups is 2. The zero-order chi connectivity index (χ0) is 28.0. The second-order valence-corrected chi connectivity index (χ2v) is 11.5. The molecule has 0 aromatic carbocycles. The highest BCUT2D eigenvalue weighted by molar-refractivity contribution is 6.00. The lowest BCUT2D eigenvalue weighted by atomic mass is 9.95. The summed E-state index contributed by atoms with van der Waals surface area (Å²) in [5.41, 5.74) is 0.870. The standard InChI is InChI=1S/C28H41N7O4/c1-19(2)18-35(21-13-20(14-29-15-21)32-27(37)34-8-11-38-12-9-34)25(36)23-17-31-26(28(3,4)5)33-24(23)30-16-22-7-6-10-39-22/h6-7,10,17,19,21,29H,8-9,11-16,18H2,1-5H3,(H,30,31,33)/b32-20+. The number of furan rings is 1. The maximum atomic E-state index is 14.1. The first-order valence-corrected chi connectivity index (χ1v) is 13.7. The summed E-state index contributed by atoms with van der Waals surface area (Å²) in [5.74, 6) is 1.95. The van der Waals surface area contributed by atoms with Crippen molar-refractivity contribution in [1.82, 2.24) is 25.1 Å². The number of aliphatic imine (C=N–C) groups is 1. The highest BCUT2D eigenvalue weighted by Gasteiger charge is 2.32. The van der Waals surface area contributed by atoms with E-state index in [2.05, 4.69) is 34.5 Å². The normalized spacial score (nSPS) is 19.4. The third-order valence-electron chi connectivity index (χ3n) is 6.68. The molecule has 2 aromatic heterocycles. The maximum Gasteiger partial charge on any atom is 0.343 e. The van der Waals surface area contributed by atoms with Crippen LogP contribution in [0.3, 0.4) is 0 Å². The Balaban J connectivity index is 1.58. The fourth-order valence-corrected chi connectivity index (χ4v) is 4.63. The summed E-state index contributed by atoms with van der Waals surface area (Å²) >= 11 is 0. The summed E-state index contributed by atoms with van der Waals surface area (Å²) in [6.07, 6.45) is 3.77. The molecule has 0 spiro atoms. The first kappa shape index (κ1) is 28.7. The van der Waals surface area contributed by atoms with Gasteiger partial charge in [0, 0.05) is 62.5 Å². The summed E-state index contributed by atoms with van der Waals surface area (Å²) in [6.45, 7) is 14.5. The highest BCUT2D eigenvalue weighted by Crippen LogP contribution is 2.25. The van der Waals surface area contributed by atoms with Crippen molar-refractivity contribution in [3.05, 3.63) is 41.7 Å². The Kier molecular flexibility index (Phi) is 9.34. The monoisotopic (exact) mass is 539 g/mol. The van der Waals surface area contributed by atoms with Gasteiger partial charge in [-0.15, -0.1) is 0 Å². The highest BCUT2D eigenvalue weighted by atomic mass is 16.5. The molecule has 1 atom stereocenters. The van der Waals surface area contributed by atoms with Crippen LogP contribution < -0.4 is 10.6 Å². The number of nitrogens with one attached hydrogen (secondary N) is 2. The van der Waals surface area contributed by atoms with Crippen molar-refractivity contribution in [2.24, 2.45) is 10.9 Å². The average Bonchev–Trinajstić information content (AvgIpc) is 3.44. The second-order valence-electron chi connectivity index (χ2n) is 11.5. The molecule has 2 aliphatic heterocycles. The molecule has 0 aliphatic carbocycles. The van der Waals surface area contributed by atoms with Crippen molar-refractivity contribution in [2.75, 3.05) is 51.3 Å². The third kappa shape index (κ3) is 7.63. The molecule has 0 saturated carbocycles. The number of ether oxygens (including phenoxy) is 1. The molecule has 39 heavy (non-hydrogen) atoms. The Morgan fingerprint density at radius 2 is 2.05 bits per heavy atom. The van der Waals surface area contributed by atoms with Crippen LogP contribution >= 0.6 is 0 Å². The van der Waals surface area contributed by atoms with Gasteiger partial charge in [-0.25, -0.2) is 19.8 Å². The van der Waals surface area contributed by atoms with Crippen molar-refractivity contribution in [3.63, 3.8) is 0 Å². The summed E-state index contributed by atoms with van der Waals surface area (Å²) in [4.78, 5) is 44.2. The van der Waals surface area contributed by atoms with Gasteiger partial charge in [-0.2, -0.15) is 0 Å². The van der Waals surface area contributed by atoms with E-state index in [0.717, 1.165) is 11.5 Å². The SMILES string of the molecule is CC(C)CN(C(=O)c1cnc(C(C)(C)C)nc1NCc1ccco1)C1CNC/C(=N/C(=O)N2CCOCC2)C1. The van der Waals surface area contributed by atoms with Gasteiger partial charge in [-0.1, -0.05) is 34.6 Å². The largest absolute Gasteiger partial charge is 0.467 e.